The normalized spacial score (nSPS) is 30.9. The number of likely N-dealkylation sites (N-methyl/N-ethyl adjacent to an activating group) is 2. The molecule has 2 unspecified atom stereocenters. The van der Waals surface area contributed by atoms with Crippen molar-refractivity contribution in [1.29, 1.82) is 0 Å². The van der Waals surface area contributed by atoms with Crippen molar-refractivity contribution in [2.24, 2.45) is 5.92 Å². The van der Waals surface area contributed by atoms with Crippen molar-refractivity contribution < 1.29 is 4.79 Å². The van der Waals surface area contributed by atoms with Crippen LogP contribution >= 0.6 is 0 Å². The van der Waals surface area contributed by atoms with E-state index in [9.17, 15) is 4.79 Å². The molecule has 1 N–H and O–H groups in total. The van der Waals surface area contributed by atoms with Gasteiger partial charge in [0.05, 0.1) is 5.92 Å². The Bertz CT molecular complexity index is 251. The summed E-state index contributed by atoms with van der Waals surface area (Å²) in [5.41, 5.74) is 0. The van der Waals surface area contributed by atoms with Crippen LogP contribution in [0.5, 0.6) is 0 Å². The molecule has 0 aromatic heterocycles. The van der Waals surface area contributed by atoms with E-state index in [2.05, 4.69) is 17.3 Å². The Morgan fingerprint density at radius 2 is 2.31 bits per heavy atom. The van der Waals surface area contributed by atoms with Gasteiger partial charge in [-0.1, -0.05) is 0 Å². The Balaban J connectivity index is 1.82. The minimum Gasteiger partial charge on any atom is -0.344 e. The van der Waals surface area contributed by atoms with Crippen molar-refractivity contribution >= 4 is 5.91 Å². The third kappa shape index (κ3) is 2.55. The quantitative estimate of drug-likeness (QED) is 0.742. The van der Waals surface area contributed by atoms with Gasteiger partial charge in [-0.25, -0.2) is 0 Å². The van der Waals surface area contributed by atoms with Crippen molar-refractivity contribution in [3.05, 3.63) is 0 Å². The van der Waals surface area contributed by atoms with Gasteiger partial charge in [0.2, 0.25) is 5.91 Å². The standard InChI is InChI=1S/C12H23N3O/c1-14-7-3-4-11(14)9-15(2)12(16)10-5-6-13-8-10/h10-11,13H,3-9H2,1-2H3. The Kier molecular flexibility index (Phi) is 3.82. The zero-order chi connectivity index (χ0) is 11.5. The average Bonchev–Trinajstić information content (AvgIpc) is 2.89. The lowest BCUT2D eigenvalue weighted by Gasteiger charge is -2.27. The maximum Gasteiger partial charge on any atom is 0.226 e. The Hall–Kier alpha value is -0.610. The van der Waals surface area contributed by atoms with Crippen LogP contribution in [0.15, 0.2) is 0 Å². The molecule has 0 saturated carbocycles. The van der Waals surface area contributed by atoms with Gasteiger partial charge in [-0.05, 0) is 39.4 Å². The molecule has 0 radical (unpaired) electrons. The molecule has 2 fully saturated rings. The molecule has 0 aromatic rings. The number of nitrogens with zero attached hydrogens (tertiary/aromatic N) is 2. The van der Waals surface area contributed by atoms with Gasteiger partial charge in [0, 0.05) is 26.2 Å². The summed E-state index contributed by atoms with van der Waals surface area (Å²) < 4.78 is 0. The molecule has 2 rings (SSSR count). The summed E-state index contributed by atoms with van der Waals surface area (Å²) in [4.78, 5) is 16.4. The number of hydrogen-bond acceptors (Lipinski definition) is 3. The van der Waals surface area contributed by atoms with Gasteiger partial charge in [0.15, 0.2) is 0 Å². The SMILES string of the molecule is CN(CC1CCCN1C)C(=O)C1CCNC1. The van der Waals surface area contributed by atoms with Gasteiger partial charge in [0.1, 0.15) is 0 Å². The number of hydrogen-bond donors (Lipinski definition) is 1. The summed E-state index contributed by atoms with van der Waals surface area (Å²) in [7, 11) is 4.11. The molecule has 2 aliphatic rings. The number of carbonyl (C=O) groups is 1. The van der Waals surface area contributed by atoms with Gasteiger partial charge in [-0.3, -0.25) is 4.79 Å². The van der Waals surface area contributed by atoms with E-state index >= 15 is 0 Å². The topological polar surface area (TPSA) is 35.6 Å². The second-order valence-electron chi connectivity index (χ2n) is 5.19. The molecule has 16 heavy (non-hydrogen) atoms. The zero-order valence-electron chi connectivity index (χ0n) is 10.4. The van der Waals surface area contributed by atoms with Crippen molar-refractivity contribution in [2.45, 2.75) is 25.3 Å². The van der Waals surface area contributed by atoms with Crippen LogP contribution in [0.1, 0.15) is 19.3 Å². The molecular weight excluding hydrogens is 202 g/mol. The van der Waals surface area contributed by atoms with Crippen LogP contribution in [0.4, 0.5) is 0 Å². The van der Waals surface area contributed by atoms with Gasteiger partial charge in [-0.2, -0.15) is 0 Å². The predicted molar refractivity (Wildman–Crippen MR) is 64.3 cm³/mol. The molecule has 2 saturated heterocycles. The van der Waals surface area contributed by atoms with Crippen LogP contribution in [0.3, 0.4) is 0 Å². The number of carbonyl (C=O) groups excluding carboxylic acids is 1. The molecule has 0 aromatic carbocycles. The van der Waals surface area contributed by atoms with E-state index in [4.69, 9.17) is 0 Å². The smallest absolute Gasteiger partial charge is 0.226 e. The first-order valence-electron chi connectivity index (χ1n) is 6.34. The fourth-order valence-electron chi connectivity index (χ4n) is 2.79. The second-order valence-corrected chi connectivity index (χ2v) is 5.19. The highest BCUT2D eigenvalue weighted by Gasteiger charge is 2.28. The van der Waals surface area contributed by atoms with Crippen molar-refractivity contribution in [1.82, 2.24) is 15.1 Å². The maximum absolute atomic E-state index is 12.1. The van der Waals surface area contributed by atoms with Crippen molar-refractivity contribution in [2.75, 3.05) is 40.3 Å². The van der Waals surface area contributed by atoms with Gasteiger partial charge in [0.25, 0.3) is 0 Å². The van der Waals surface area contributed by atoms with E-state index in [1.165, 1.54) is 19.4 Å². The van der Waals surface area contributed by atoms with E-state index in [0.717, 1.165) is 26.1 Å². The summed E-state index contributed by atoms with van der Waals surface area (Å²) in [5.74, 6) is 0.544. The lowest BCUT2D eigenvalue weighted by atomic mass is 10.1. The molecule has 4 nitrogen and oxygen atoms in total. The zero-order valence-corrected chi connectivity index (χ0v) is 10.4. The lowest BCUT2D eigenvalue weighted by molar-refractivity contribution is -0.134. The molecule has 1 amide bonds. The molecule has 2 aliphatic heterocycles. The number of rotatable bonds is 3. The Morgan fingerprint density at radius 1 is 1.50 bits per heavy atom. The van der Waals surface area contributed by atoms with Gasteiger partial charge in [-0.15, -0.1) is 0 Å². The van der Waals surface area contributed by atoms with Gasteiger partial charge >= 0.3 is 0 Å². The van der Waals surface area contributed by atoms with E-state index in [1.54, 1.807) is 0 Å². The Morgan fingerprint density at radius 3 is 2.88 bits per heavy atom. The highest BCUT2D eigenvalue weighted by Crippen LogP contribution is 2.17. The monoisotopic (exact) mass is 225 g/mol. The minimum absolute atomic E-state index is 0.219. The predicted octanol–water partition coefficient (Wildman–Crippen LogP) is 0.149. The van der Waals surface area contributed by atoms with E-state index in [1.807, 2.05) is 11.9 Å². The van der Waals surface area contributed by atoms with Crippen LogP contribution in [0.25, 0.3) is 0 Å². The van der Waals surface area contributed by atoms with Crippen LogP contribution in [0, 0.1) is 5.92 Å². The third-order valence-electron chi connectivity index (χ3n) is 3.94. The maximum atomic E-state index is 12.1. The molecule has 0 aliphatic carbocycles. The first-order valence-corrected chi connectivity index (χ1v) is 6.34. The first kappa shape index (κ1) is 11.9. The molecule has 2 atom stereocenters. The summed E-state index contributed by atoms with van der Waals surface area (Å²) in [6, 6.07) is 0.573. The minimum atomic E-state index is 0.219. The first-order chi connectivity index (χ1) is 7.68. The number of likely N-dealkylation sites (tertiary alicyclic amines) is 1. The molecule has 92 valence electrons. The van der Waals surface area contributed by atoms with Crippen LogP contribution in [-0.2, 0) is 4.79 Å². The van der Waals surface area contributed by atoms with Crippen molar-refractivity contribution in [3.63, 3.8) is 0 Å². The van der Waals surface area contributed by atoms with Crippen LogP contribution in [0.2, 0.25) is 0 Å². The fraction of sp³-hybridized carbons (Fsp3) is 0.917. The van der Waals surface area contributed by atoms with Crippen LogP contribution < -0.4 is 5.32 Å². The second kappa shape index (κ2) is 5.15. The van der Waals surface area contributed by atoms with Crippen molar-refractivity contribution in [3.8, 4) is 0 Å². The highest BCUT2D eigenvalue weighted by atomic mass is 16.2. The van der Waals surface area contributed by atoms with Crippen LogP contribution in [-0.4, -0.2) is 62.0 Å². The molecular formula is C12H23N3O. The number of amides is 1. The summed E-state index contributed by atoms with van der Waals surface area (Å²) >= 11 is 0. The fourth-order valence-corrected chi connectivity index (χ4v) is 2.79. The highest BCUT2D eigenvalue weighted by molar-refractivity contribution is 5.79. The average molecular weight is 225 g/mol. The van der Waals surface area contributed by atoms with E-state index in [-0.39, 0.29) is 5.92 Å². The largest absolute Gasteiger partial charge is 0.344 e. The van der Waals surface area contributed by atoms with Gasteiger partial charge < -0.3 is 15.1 Å². The number of nitrogens with one attached hydrogen (secondary N) is 1. The molecule has 2 heterocycles. The Labute approximate surface area is 98.0 Å². The molecule has 0 bridgehead atoms. The third-order valence-corrected chi connectivity index (χ3v) is 3.94. The molecule has 4 heteroatoms. The summed E-state index contributed by atoms with van der Waals surface area (Å²) in [6.45, 7) is 3.93. The molecule has 0 spiro atoms. The summed E-state index contributed by atoms with van der Waals surface area (Å²) in [5, 5.41) is 3.25. The van der Waals surface area contributed by atoms with E-state index < -0.39 is 0 Å². The van der Waals surface area contributed by atoms with E-state index in [0.29, 0.717) is 11.9 Å². The lowest BCUT2D eigenvalue weighted by Crippen LogP contribution is -2.42. The summed E-state index contributed by atoms with van der Waals surface area (Å²) in [6.07, 6.45) is 3.51.